The highest BCUT2D eigenvalue weighted by molar-refractivity contribution is 5.41. The van der Waals surface area contributed by atoms with Gasteiger partial charge in [0.2, 0.25) is 5.95 Å². The number of hydrogen-bond acceptors (Lipinski definition) is 4. The first kappa shape index (κ1) is 9.21. The van der Waals surface area contributed by atoms with Crippen molar-refractivity contribution in [1.29, 1.82) is 0 Å². The van der Waals surface area contributed by atoms with Gasteiger partial charge in [-0.1, -0.05) is 0 Å². The normalized spacial score (nSPS) is 20.2. The van der Waals surface area contributed by atoms with Gasteiger partial charge in [0.25, 0.3) is 0 Å². The van der Waals surface area contributed by atoms with Crippen molar-refractivity contribution in [2.45, 2.75) is 12.5 Å². The minimum absolute atomic E-state index is 0.0177. The fourth-order valence-corrected chi connectivity index (χ4v) is 1.21. The van der Waals surface area contributed by atoms with E-state index < -0.39 is 5.95 Å². The first-order valence-electron chi connectivity index (χ1n) is 4.53. The predicted molar refractivity (Wildman–Crippen MR) is 50.5 cm³/mol. The molecule has 4 nitrogen and oxygen atoms in total. The van der Waals surface area contributed by atoms with E-state index in [1.54, 1.807) is 0 Å². The Morgan fingerprint density at radius 2 is 2.50 bits per heavy atom. The van der Waals surface area contributed by atoms with Crippen LogP contribution in [-0.2, 0) is 0 Å². The molecule has 2 rings (SSSR count). The number of nitrogen functional groups attached to an aromatic ring is 1. The molecule has 1 aromatic rings. The molecular weight excluding hydrogens is 185 g/mol. The summed E-state index contributed by atoms with van der Waals surface area (Å²) in [5, 5.41) is 3.19. The fourth-order valence-electron chi connectivity index (χ4n) is 1.21. The lowest BCUT2D eigenvalue weighted by Gasteiger charge is -2.27. The SMILES string of the molecule is Nc1cc(OCC2CCN2)cnc1F. The van der Waals surface area contributed by atoms with Gasteiger partial charge in [-0.25, -0.2) is 4.98 Å². The molecule has 1 saturated heterocycles. The van der Waals surface area contributed by atoms with Crippen LogP contribution in [-0.4, -0.2) is 24.2 Å². The van der Waals surface area contributed by atoms with Gasteiger partial charge in [0.15, 0.2) is 0 Å². The first-order chi connectivity index (χ1) is 6.75. The van der Waals surface area contributed by atoms with Gasteiger partial charge >= 0.3 is 0 Å². The minimum atomic E-state index is -0.654. The van der Waals surface area contributed by atoms with Crippen molar-refractivity contribution in [2.75, 3.05) is 18.9 Å². The Balaban J connectivity index is 1.91. The Bertz CT molecular complexity index is 328. The number of pyridine rings is 1. The molecule has 2 heterocycles. The van der Waals surface area contributed by atoms with Crippen LogP contribution in [0.15, 0.2) is 12.3 Å². The number of aromatic nitrogens is 1. The molecule has 5 heteroatoms. The molecule has 1 atom stereocenters. The molecule has 0 saturated carbocycles. The smallest absolute Gasteiger partial charge is 0.236 e. The number of nitrogens with two attached hydrogens (primary N) is 1. The number of anilines is 1. The van der Waals surface area contributed by atoms with E-state index >= 15 is 0 Å². The van der Waals surface area contributed by atoms with Crippen LogP contribution >= 0.6 is 0 Å². The van der Waals surface area contributed by atoms with E-state index in [4.69, 9.17) is 10.5 Å². The minimum Gasteiger partial charge on any atom is -0.490 e. The molecule has 0 bridgehead atoms. The Hall–Kier alpha value is -1.36. The third-order valence-corrected chi connectivity index (χ3v) is 2.22. The maximum Gasteiger partial charge on any atom is 0.236 e. The van der Waals surface area contributed by atoms with Gasteiger partial charge < -0.3 is 15.8 Å². The number of rotatable bonds is 3. The lowest BCUT2D eigenvalue weighted by Crippen LogP contribution is -2.46. The maximum absolute atomic E-state index is 12.7. The summed E-state index contributed by atoms with van der Waals surface area (Å²) >= 11 is 0. The number of hydrogen-bond donors (Lipinski definition) is 2. The highest BCUT2D eigenvalue weighted by Gasteiger charge is 2.16. The highest BCUT2D eigenvalue weighted by Crippen LogP contribution is 2.16. The highest BCUT2D eigenvalue weighted by atomic mass is 19.1. The lowest BCUT2D eigenvalue weighted by atomic mass is 10.1. The average Bonchev–Trinajstić information content (AvgIpc) is 2.08. The Morgan fingerprint density at radius 3 is 3.07 bits per heavy atom. The zero-order valence-electron chi connectivity index (χ0n) is 7.66. The summed E-state index contributed by atoms with van der Waals surface area (Å²) in [6.07, 6.45) is 2.45. The van der Waals surface area contributed by atoms with Gasteiger partial charge in [0.05, 0.1) is 11.9 Å². The summed E-state index contributed by atoms with van der Waals surface area (Å²) in [7, 11) is 0. The summed E-state index contributed by atoms with van der Waals surface area (Å²) in [5.41, 5.74) is 5.36. The van der Waals surface area contributed by atoms with Crippen LogP contribution < -0.4 is 15.8 Å². The summed E-state index contributed by atoms with van der Waals surface area (Å²) in [6.45, 7) is 1.62. The molecule has 1 fully saturated rings. The number of ether oxygens (including phenoxy) is 1. The topological polar surface area (TPSA) is 60.2 Å². The lowest BCUT2D eigenvalue weighted by molar-refractivity contribution is 0.216. The third-order valence-electron chi connectivity index (χ3n) is 2.22. The van der Waals surface area contributed by atoms with Crippen LogP contribution in [0.1, 0.15) is 6.42 Å². The standard InChI is InChI=1S/C9H12FN3O/c10-9-8(11)3-7(4-13-9)14-5-6-1-2-12-6/h3-4,6,12H,1-2,5,11H2. The van der Waals surface area contributed by atoms with Crippen LogP contribution in [0.3, 0.4) is 0 Å². The molecular formula is C9H12FN3O. The quantitative estimate of drug-likeness (QED) is 0.694. The molecule has 1 aromatic heterocycles. The van der Waals surface area contributed by atoms with E-state index in [1.165, 1.54) is 12.3 Å². The van der Waals surface area contributed by atoms with Gasteiger partial charge in [0.1, 0.15) is 12.4 Å². The van der Waals surface area contributed by atoms with E-state index in [1.807, 2.05) is 0 Å². The third kappa shape index (κ3) is 1.93. The van der Waals surface area contributed by atoms with Crippen molar-refractivity contribution >= 4 is 5.69 Å². The van der Waals surface area contributed by atoms with Crippen LogP contribution in [0.2, 0.25) is 0 Å². The fraction of sp³-hybridized carbons (Fsp3) is 0.444. The Kier molecular flexibility index (Phi) is 2.49. The second kappa shape index (κ2) is 3.79. The molecule has 3 N–H and O–H groups in total. The molecule has 0 aliphatic carbocycles. The van der Waals surface area contributed by atoms with Gasteiger partial charge in [-0.3, -0.25) is 0 Å². The Labute approximate surface area is 81.3 Å². The zero-order chi connectivity index (χ0) is 9.97. The van der Waals surface area contributed by atoms with Crippen molar-refractivity contribution in [1.82, 2.24) is 10.3 Å². The number of nitrogens with zero attached hydrogens (tertiary/aromatic N) is 1. The molecule has 0 radical (unpaired) electrons. The Morgan fingerprint density at radius 1 is 1.71 bits per heavy atom. The van der Waals surface area contributed by atoms with Crippen molar-refractivity contribution in [3.8, 4) is 5.75 Å². The largest absolute Gasteiger partial charge is 0.490 e. The molecule has 1 unspecified atom stereocenters. The van der Waals surface area contributed by atoms with Crippen molar-refractivity contribution in [3.63, 3.8) is 0 Å². The van der Waals surface area contributed by atoms with Crippen molar-refractivity contribution in [3.05, 3.63) is 18.2 Å². The van der Waals surface area contributed by atoms with Gasteiger partial charge in [0, 0.05) is 12.1 Å². The average molecular weight is 197 g/mol. The summed E-state index contributed by atoms with van der Waals surface area (Å²) < 4.78 is 18.0. The number of halogens is 1. The second-order valence-corrected chi connectivity index (χ2v) is 3.30. The van der Waals surface area contributed by atoms with E-state index in [0.29, 0.717) is 18.4 Å². The molecule has 0 spiro atoms. The molecule has 0 aromatic carbocycles. The van der Waals surface area contributed by atoms with E-state index in [0.717, 1.165) is 13.0 Å². The van der Waals surface area contributed by atoms with Crippen molar-refractivity contribution < 1.29 is 9.13 Å². The van der Waals surface area contributed by atoms with Gasteiger partial charge in [-0.05, 0) is 13.0 Å². The van der Waals surface area contributed by atoms with Gasteiger partial charge in [-0.2, -0.15) is 4.39 Å². The van der Waals surface area contributed by atoms with E-state index in [2.05, 4.69) is 10.3 Å². The molecule has 1 aliphatic rings. The first-order valence-corrected chi connectivity index (χ1v) is 4.53. The van der Waals surface area contributed by atoms with Crippen molar-refractivity contribution in [2.24, 2.45) is 0 Å². The summed E-state index contributed by atoms with van der Waals surface area (Å²) in [6, 6.07) is 1.85. The van der Waals surface area contributed by atoms with Crippen LogP contribution in [0.5, 0.6) is 5.75 Å². The summed E-state index contributed by atoms with van der Waals surface area (Å²) in [5.74, 6) is -0.142. The van der Waals surface area contributed by atoms with Crippen LogP contribution in [0.25, 0.3) is 0 Å². The summed E-state index contributed by atoms with van der Waals surface area (Å²) in [4.78, 5) is 3.46. The number of nitrogens with one attached hydrogen (secondary N) is 1. The molecule has 76 valence electrons. The molecule has 0 amide bonds. The predicted octanol–water partition coefficient (Wildman–Crippen LogP) is 0.544. The van der Waals surface area contributed by atoms with Crippen LogP contribution in [0.4, 0.5) is 10.1 Å². The van der Waals surface area contributed by atoms with E-state index in [-0.39, 0.29) is 5.69 Å². The maximum atomic E-state index is 12.7. The second-order valence-electron chi connectivity index (χ2n) is 3.30. The van der Waals surface area contributed by atoms with E-state index in [9.17, 15) is 4.39 Å². The molecule has 14 heavy (non-hydrogen) atoms. The molecule has 1 aliphatic heterocycles. The van der Waals surface area contributed by atoms with Gasteiger partial charge in [-0.15, -0.1) is 0 Å². The monoisotopic (exact) mass is 197 g/mol. The van der Waals surface area contributed by atoms with Crippen LogP contribution in [0, 0.1) is 5.95 Å². The zero-order valence-corrected chi connectivity index (χ0v) is 7.66.